The van der Waals surface area contributed by atoms with Crippen molar-refractivity contribution in [1.29, 1.82) is 0 Å². The number of fused-ring (bicyclic) bond motifs is 1. The van der Waals surface area contributed by atoms with Crippen LogP contribution in [0.1, 0.15) is 27.6 Å². The second-order valence-electron chi connectivity index (χ2n) is 5.81. The van der Waals surface area contributed by atoms with Crippen molar-refractivity contribution < 1.29 is 14.3 Å². The van der Waals surface area contributed by atoms with Crippen molar-refractivity contribution in [1.82, 2.24) is 9.88 Å². The first-order chi connectivity index (χ1) is 12.5. The molecule has 3 rings (SSSR count). The summed E-state index contributed by atoms with van der Waals surface area (Å²) in [5.74, 6) is -0.643. The summed E-state index contributed by atoms with van der Waals surface area (Å²) >= 11 is 2.87. The lowest BCUT2D eigenvalue weighted by atomic mass is 10.3. The smallest absolute Gasteiger partial charge is 0.350 e. The summed E-state index contributed by atoms with van der Waals surface area (Å²) in [7, 11) is 3.20. The maximum atomic E-state index is 12.4. The van der Waals surface area contributed by atoms with Crippen LogP contribution >= 0.6 is 22.7 Å². The fourth-order valence-electron chi connectivity index (χ4n) is 2.47. The number of thiazole rings is 1. The largest absolute Gasteiger partial charge is 0.465 e. The molecule has 0 fully saturated rings. The van der Waals surface area contributed by atoms with Gasteiger partial charge in [0.25, 0.3) is 0 Å². The number of hydrogen-bond acceptors (Lipinski definition) is 7. The topological polar surface area (TPSA) is 71.5 Å². The van der Waals surface area contributed by atoms with Crippen LogP contribution in [0.15, 0.2) is 35.7 Å². The molecule has 0 bridgehead atoms. The third-order valence-corrected chi connectivity index (χ3v) is 6.13. The molecule has 1 aromatic carbocycles. The normalized spacial score (nSPS) is 12.3. The van der Waals surface area contributed by atoms with Gasteiger partial charge in [0.2, 0.25) is 5.91 Å². The van der Waals surface area contributed by atoms with Crippen molar-refractivity contribution in [2.75, 3.05) is 26.0 Å². The third-order valence-electron chi connectivity index (χ3n) is 4.03. The number of hydrogen-bond donors (Lipinski definition) is 1. The molecule has 1 N–H and O–H groups in total. The Labute approximate surface area is 159 Å². The third kappa shape index (κ3) is 3.92. The first-order valence-electron chi connectivity index (χ1n) is 8.01. The second-order valence-corrected chi connectivity index (χ2v) is 7.79. The zero-order valence-electron chi connectivity index (χ0n) is 14.7. The number of esters is 1. The first-order valence-corrected chi connectivity index (χ1v) is 9.70. The summed E-state index contributed by atoms with van der Waals surface area (Å²) in [5.41, 5.74) is 1.45. The fourth-order valence-corrected chi connectivity index (χ4v) is 4.32. The predicted octanol–water partition coefficient (Wildman–Crippen LogP) is 3.78. The number of carbonyl (C=O) groups is 2. The van der Waals surface area contributed by atoms with Crippen molar-refractivity contribution in [2.45, 2.75) is 13.0 Å². The van der Waals surface area contributed by atoms with Crippen LogP contribution in [-0.2, 0) is 9.53 Å². The van der Waals surface area contributed by atoms with Gasteiger partial charge in [0.15, 0.2) is 0 Å². The number of nitrogens with one attached hydrogen (secondary N) is 1. The van der Waals surface area contributed by atoms with E-state index in [0.717, 1.165) is 15.2 Å². The Morgan fingerprint density at radius 1 is 1.31 bits per heavy atom. The van der Waals surface area contributed by atoms with Crippen LogP contribution in [0.5, 0.6) is 0 Å². The van der Waals surface area contributed by atoms with E-state index in [1.54, 1.807) is 22.8 Å². The van der Waals surface area contributed by atoms with Crippen LogP contribution < -0.4 is 5.32 Å². The number of ether oxygens (including phenoxy) is 1. The highest BCUT2D eigenvalue weighted by Gasteiger charge is 2.20. The molecule has 8 heteroatoms. The zero-order chi connectivity index (χ0) is 18.7. The lowest BCUT2D eigenvalue weighted by Crippen LogP contribution is -2.32. The van der Waals surface area contributed by atoms with Gasteiger partial charge in [0, 0.05) is 0 Å². The Kier molecular flexibility index (Phi) is 5.65. The Hall–Kier alpha value is -2.29. The summed E-state index contributed by atoms with van der Waals surface area (Å²) in [6.07, 6.45) is 0. The van der Waals surface area contributed by atoms with E-state index in [1.807, 2.05) is 43.1 Å². The van der Waals surface area contributed by atoms with Gasteiger partial charge in [-0.1, -0.05) is 12.1 Å². The summed E-state index contributed by atoms with van der Waals surface area (Å²) in [6.45, 7) is 2.21. The van der Waals surface area contributed by atoms with E-state index in [1.165, 1.54) is 18.4 Å². The van der Waals surface area contributed by atoms with Crippen molar-refractivity contribution in [3.8, 4) is 0 Å². The minimum Gasteiger partial charge on any atom is -0.465 e. The summed E-state index contributed by atoms with van der Waals surface area (Å²) in [4.78, 5) is 31.0. The van der Waals surface area contributed by atoms with E-state index in [9.17, 15) is 9.59 Å². The molecule has 3 aromatic rings. The lowest BCUT2D eigenvalue weighted by Gasteiger charge is -2.22. The van der Waals surface area contributed by atoms with Gasteiger partial charge in [0.1, 0.15) is 9.88 Å². The van der Waals surface area contributed by atoms with Crippen molar-refractivity contribution in [3.05, 3.63) is 45.6 Å². The molecule has 1 unspecified atom stereocenters. The van der Waals surface area contributed by atoms with Crippen molar-refractivity contribution in [3.63, 3.8) is 0 Å². The van der Waals surface area contributed by atoms with Crippen molar-refractivity contribution >= 4 is 50.5 Å². The number of methoxy groups -OCH3 is 1. The number of carbonyl (C=O) groups excluding carboxylic acids is 2. The average Bonchev–Trinajstić information content (AvgIpc) is 3.26. The number of para-hydroxylation sites is 1. The van der Waals surface area contributed by atoms with Crippen LogP contribution in [0.4, 0.5) is 5.69 Å². The van der Waals surface area contributed by atoms with Gasteiger partial charge in [-0.15, -0.1) is 22.7 Å². The molecule has 1 amide bonds. The maximum absolute atomic E-state index is 12.4. The highest BCUT2D eigenvalue weighted by molar-refractivity contribution is 7.18. The van der Waals surface area contributed by atoms with E-state index < -0.39 is 5.97 Å². The monoisotopic (exact) mass is 389 g/mol. The molecule has 0 saturated heterocycles. The molecule has 0 aliphatic rings. The van der Waals surface area contributed by atoms with Crippen LogP contribution in [0.2, 0.25) is 0 Å². The molecule has 0 radical (unpaired) electrons. The van der Waals surface area contributed by atoms with Gasteiger partial charge < -0.3 is 10.1 Å². The number of amides is 1. The quantitative estimate of drug-likeness (QED) is 0.650. The SMILES string of the molecule is COC(=O)c1sccc1NC(=O)CN(C)C(C)c1nc2ccccc2s1. The predicted molar refractivity (Wildman–Crippen MR) is 105 cm³/mol. The number of anilines is 1. The van der Waals surface area contributed by atoms with Crippen LogP contribution in [0.3, 0.4) is 0 Å². The number of rotatable bonds is 6. The van der Waals surface area contributed by atoms with E-state index in [-0.39, 0.29) is 18.5 Å². The summed E-state index contributed by atoms with van der Waals surface area (Å²) in [6, 6.07) is 9.69. The molecule has 136 valence electrons. The van der Waals surface area contributed by atoms with E-state index in [2.05, 4.69) is 10.3 Å². The van der Waals surface area contributed by atoms with Gasteiger partial charge in [-0.2, -0.15) is 0 Å². The molecule has 1 atom stereocenters. The Morgan fingerprint density at radius 2 is 2.08 bits per heavy atom. The fraction of sp³-hybridized carbons (Fsp3) is 0.278. The van der Waals surface area contributed by atoms with E-state index in [0.29, 0.717) is 10.6 Å². The standard InChI is InChI=1S/C18H19N3O3S2/c1-11(17-20-12-6-4-5-7-14(12)26-17)21(2)10-15(22)19-13-8-9-25-16(13)18(23)24-3/h4-9,11H,10H2,1-3H3,(H,19,22). The Morgan fingerprint density at radius 3 is 2.81 bits per heavy atom. The number of aromatic nitrogens is 1. The van der Waals surface area contributed by atoms with Crippen molar-refractivity contribution in [2.24, 2.45) is 0 Å². The average molecular weight is 390 g/mol. The second kappa shape index (κ2) is 7.94. The number of likely N-dealkylation sites (N-methyl/N-ethyl adjacent to an activating group) is 1. The highest BCUT2D eigenvalue weighted by Crippen LogP contribution is 2.29. The van der Waals surface area contributed by atoms with Gasteiger partial charge in [-0.25, -0.2) is 9.78 Å². The maximum Gasteiger partial charge on any atom is 0.350 e. The van der Waals surface area contributed by atoms with Gasteiger partial charge in [-0.05, 0) is 37.6 Å². The minimum absolute atomic E-state index is 0.000650. The van der Waals surface area contributed by atoms with Gasteiger partial charge >= 0.3 is 5.97 Å². The van der Waals surface area contributed by atoms with Crippen LogP contribution in [-0.4, -0.2) is 42.5 Å². The Balaban J connectivity index is 1.65. The molecule has 0 spiro atoms. The number of nitrogens with zero attached hydrogens (tertiary/aromatic N) is 2. The van der Waals surface area contributed by atoms with Crippen LogP contribution in [0.25, 0.3) is 10.2 Å². The molecule has 2 aromatic heterocycles. The number of thiophene rings is 1. The molecule has 26 heavy (non-hydrogen) atoms. The van der Waals surface area contributed by atoms with E-state index in [4.69, 9.17) is 4.74 Å². The Bertz CT molecular complexity index is 902. The molecule has 0 aliphatic heterocycles. The minimum atomic E-state index is -0.452. The first kappa shape index (κ1) is 18.5. The summed E-state index contributed by atoms with van der Waals surface area (Å²) in [5, 5.41) is 5.49. The molecule has 0 aliphatic carbocycles. The van der Waals surface area contributed by atoms with Crippen LogP contribution in [0, 0.1) is 0 Å². The number of benzene rings is 1. The molecular formula is C18H19N3O3S2. The highest BCUT2D eigenvalue weighted by atomic mass is 32.1. The lowest BCUT2D eigenvalue weighted by molar-refractivity contribution is -0.117. The van der Waals surface area contributed by atoms with E-state index >= 15 is 0 Å². The van der Waals surface area contributed by atoms with Gasteiger partial charge in [-0.3, -0.25) is 9.69 Å². The molecule has 2 heterocycles. The molecular weight excluding hydrogens is 370 g/mol. The van der Waals surface area contributed by atoms with Gasteiger partial charge in [0.05, 0.1) is 35.6 Å². The zero-order valence-corrected chi connectivity index (χ0v) is 16.3. The molecule has 6 nitrogen and oxygen atoms in total. The summed E-state index contributed by atoms with van der Waals surface area (Å²) < 4.78 is 5.86. The molecule has 0 saturated carbocycles.